The van der Waals surface area contributed by atoms with Crippen LogP contribution in [-0.2, 0) is 35.1 Å². The molecule has 2 N–H and O–H groups in total. The van der Waals surface area contributed by atoms with Crippen molar-refractivity contribution in [1.29, 1.82) is 0 Å². The number of halogens is 1. The minimum atomic E-state index is -1.12. The molecular weight excluding hydrogens is 371 g/mol. The number of carbonyl (C=O) groups is 4. The molecule has 154 valence electrons. The smallest absolute Gasteiger partial charge is 0.328 e. The van der Waals surface area contributed by atoms with E-state index in [1.165, 1.54) is 32.2 Å². The van der Waals surface area contributed by atoms with Gasteiger partial charge in [-0.3, -0.25) is 14.4 Å². The van der Waals surface area contributed by atoms with Gasteiger partial charge in [0.05, 0.1) is 20.1 Å². The summed E-state index contributed by atoms with van der Waals surface area (Å²) in [7, 11) is 2.37. The average molecular weight is 396 g/mol. The third-order valence-corrected chi connectivity index (χ3v) is 4.02. The summed E-state index contributed by atoms with van der Waals surface area (Å²) in [6, 6.07) is 3.46. The van der Waals surface area contributed by atoms with Crippen LogP contribution in [0.2, 0.25) is 0 Å². The highest BCUT2D eigenvalue weighted by Gasteiger charge is 2.30. The minimum Gasteiger partial charge on any atom is -0.469 e. The van der Waals surface area contributed by atoms with Crippen LogP contribution in [-0.4, -0.2) is 50.1 Å². The van der Waals surface area contributed by atoms with Crippen molar-refractivity contribution >= 4 is 23.8 Å². The second-order valence-electron chi connectivity index (χ2n) is 6.33. The van der Waals surface area contributed by atoms with Gasteiger partial charge >= 0.3 is 11.9 Å². The predicted octanol–water partition coefficient (Wildman–Crippen LogP) is 0.730. The van der Waals surface area contributed by atoms with Crippen molar-refractivity contribution in [3.8, 4) is 0 Å². The number of ether oxygens (including phenoxy) is 2. The van der Waals surface area contributed by atoms with Crippen molar-refractivity contribution in [3.05, 3.63) is 35.6 Å². The van der Waals surface area contributed by atoms with E-state index in [9.17, 15) is 23.6 Å². The first-order valence-electron chi connectivity index (χ1n) is 8.65. The summed E-state index contributed by atoms with van der Waals surface area (Å²) in [5, 5.41) is 4.97. The first-order chi connectivity index (χ1) is 13.2. The SMILES string of the molecule is COC(=O)[C@@H](C)C[C@@H](NC(=O)[C@H](Cc1cccc(F)c1)NC(C)=O)C(=O)OC. The Balaban J connectivity index is 2.95. The van der Waals surface area contributed by atoms with Gasteiger partial charge in [0.1, 0.15) is 17.9 Å². The quantitative estimate of drug-likeness (QED) is 0.596. The predicted molar refractivity (Wildman–Crippen MR) is 97.5 cm³/mol. The van der Waals surface area contributed by atoms with Crippen LogP contribution >= 0.6 is 0 Å². The molecule has 3 atom stereocenters. The molecule has 9 heteroatoms. The van der Waals surface area contributed by atoms with Gasteiger partial charge in [-0.2, -0.15) is 0 Å². The molecular formula is C19H25FN2O6. The molecule has 0 radical (unpaired) electrons. The summed E-state index contributed by atoms with van der Waals surface area (Å²) in [6.07, 6.45) is -0.0263. The number of esters is 2. The van der Waals surface area contributed by atoms with Crippen molar-refractivity contribution in [1.82, 2.24) is 10.6 Å². The third kappa shape index (κ3) is 7.34. The Kier molecular flexibility index (Phi) is 9.07. The number of hydrogen-bond donors (Lipinski definition) is 2. The van der Waals surface area contributed by atoms with E-state index in [0.717, 1.165) is 7.11 Å². The fraction of sp³-hybridized carbons (Fsp3) is 0.474. The Labute approximate surface area is 162 Å². The molecule has 0 unspecified atom stereocenters. The molecule has 0 saturated heterocycles. The first kappa shape index (κ1) is 23.1. The van der Waals surface area contributed by atoms with Crippen molar-refractivity contribution in [2.45, 2.75) is 38.8 Å². The zero-order valence-electron chi connectivity index (χ0n) is 16.3. The maximum Gasteiger partial charge on any atom is 0.328 e. The summed E-state index contributed by atoms with van der Waals surface area (Å²) in [6.45, 7) is 2.79. The van der Waals surface area contributed by atoms with Gasteiger partial charge in [0.25, 0.3) is 0 Å². The van der Waals surface area contributed by atoms with Crippen LogP contribution in [0.25, 0.3) is 0 Å². The van der Waals surface area contributed by atoms with Gasteiger partial charge in [-0.1, -0.05) is 19.1 Å². The van der Waals surface area contributed by atoms with Gasteiger partial charge in [0.15, 0.2) is 0 Å². The monoisotopic (exact) mass is 396 g/mol. The van der Waals surface area contributed by atoms with Crippen LogP contribution in [0.4, 0.5) is 4.39 Å². The standard InChI is InChI=1S/C19H25FN2O6/c1-11(18(25)27-3)8-16(19(26)28-4)22-17(24)15(21-12(2)23)10-13-6-5-7-14(20)9-13/h5-7,9,11,15-16H,8,10H2,1-4H3,(H,21,23)(H,22,24)/t11-,15-,16+/m0/s1. The third-order valence-electron chi connectivity index (χ3n) is 4.02. The number of amides is 2. The molecule has 28 heavy (non-hydrogen) atoms. The summed E-state index contributed by atoms with van der Waals surface area (Å²) < 4.78 is 22.7. The molecule has 1 rings (SSSR count). The number of hydrogen-bond acceptors (Lipinski definition) is 6. The Morgan fingerprint density at radius 2 is 1.68 bits per heavy atom. The molecule has 0 aliphatic carbocycles. The van der Waals surface area contributed by atoms with Crippen LogP contribution in [0.3, 0.4) is 0 Å². The topological polar surface area (TPSA) is 111 Å². The lowest BCUT2D eigenvalue weighted by atomic mass is 10.0. The summed E-state index contributed by atoms with van der Waals surface area (Å²) in [4.78, 5) is 47.8. The van der Waals surface area contributed by atoms with Crippen molar-refractivity contribution in [3.63, 3.8) is 0 Å². The van der Waals surface area contributed by atoms with E-state index in [0.29, 0.717) is 5.56 Å². The highest BCUT2D eigenvalue weighted by Crippen LogP contribution is 2.11. The molecule has 0 spiro atoms. The van der Waals surface area contributed by atoms with Gasteiger partial charge in [-0.25, -0.2) is 9.18 Å². The molecule has 0 bridgehead atoms. The normalized spacial score (nSPS) is 13.6. The number of methoxy groups -OCH3 is 2. The number of benzene rings is 1. The van der Waals surface area contributed by atoms with Crippen LogP contribution < -0.4 is 10.6 Å². The molecule has 0 heterocycles. The van der Waals surface area contributed by atoms with Gasteiger partial charge < -0.3 is 20.1 Å². The maximum atomic E-state index is 13.4. The van der Waals surface area contributed by atoms with Crippen LogP contribution in [0.15, 0.2) is 24.3 Å². The fourth-order valence-corrected chi connectivity index (χ4v) is 2.63. The second-order valence-corrected chi connectivity index (χ2v) is 6.33. The highest BCUT2D eigenvalue weighted by atomic mass is 19.1. The van der Waals surface area contributed by atoms with E-state index >= 15 is 0 Å². The lowest BCUT2D eigenvalue weighted by Crippen LogP contribution is -2.53. The van der Waals surface area contributed by atoms with E-state index in [2.05, 4.69) is 20.1 Å². The zero-order valence-corrected chi connectivity index (χ0v) is 16.3. The Bertz CT molecular complexity index is 724. The molecule has 0 aromatic heterocycles. The van der Waals surface area contributed by atoms with Crippen LogP contribution in [0.5, 0.6) is 0 Å². The number of rotatable bonds is 9. The number of carbonyl (C=O) groups excluding carboxylic acids is 4. The summed E-state index contributed by atoms with van der Waals surface area (Å²) >= 11 is 0. The van der Waals surface area contributed by atoms with Crippen molar-refractivity contribution in [2.24, 2.45) is 5.92 Å². The minimum absolute atomic E-state index is 0.0175. The molecule has 2 amide bonds. The molecule has 0 aliphatic rings. The average Bonchev–Trinajstić information content (AvgIpc) is 2.65. The van der Waals surface area contributed by atoms with Gasteiger partial charge in [0.2, 0.25) is 11.8 Å². The van der Waals surface area contributed by atoms with Gasteiger partial charge in [0, 0.05) is 13.3 Å². The molecule has 1 aromatic rings. The van der Waals surface area contributed by atoms with E-state index in [1.54, 1.807) is 13.0 Å². The molecule has 0 aliphatic heterocycles. The Morgan fingerprint density at radius 3 is 2.21 bits per heavy atom. The maximum absolute atomic E-state index is 13.4. The van der Waals surface area contributed by atoms with Gasteiger partial charge in [-0.05, 0) is 24.1 Å². The van der Waals surface area contributed by atoms with E-state index < -0.39 is 47.6 Å². The lowest BCUT2D eigenvalue weighted by Gasteiger charge is -2.23. The Morgan fingerprint density at radius 1 is 1.04 bits per heavy atom. The molecule has 0 fully saturated rings. The van der Waals surface area contributed by atoms with Crippen LogP contribution in [0, 0.1) is 11.7 Å². The van der Waals surface area contributed by atoms with E-state index in [4.69, 9.17) is 0 Å². The van der Waals surface area contributed by atoms with Crippen molar-refractivity contribution in [2.75, 3.05) is 14.2 Å². The summed E-state index contributed by atoms with van der Waals surface area (Å²) in [5.41, 5.74) is 0.492. The van der Waals surface area contributed by atoms with E-state index in [1.807, 2.05) is 0 Å². The van der Waals surface area contributed by atoms with E-state index in [-0.39, 0.29) is 12.8 Å². The zero-order chi connectivity index (χ0) is 21.3. The second kappa shape index (κ2) is 11.0. The molecule has 1 aromatic carbocycles. The molecule has 0 saturated carbocycles. The fourth-order valence-electron chi connectivity index (χ4n) is 2.63. The Hall–Kier alpha value is -2.97. The summed E-state index contributed by atoms with van der Waals surface area (Å²) in [5.74, 6) is -3.55. The first-order valence-corrected chi connectivity index (χ1v) is 8.65. The largest absolute Gasteiger partial charge is 0.469 e. The lowest BCUT2D eigenvalue weighted by molar-refractivity contribution is -0.149. The van der Waals surface area contributed by atoms with Crippen LogP contribution in [0.1, 0.15) is 25.8 Å². The number of nitrogens with one attached hydrogen (secondary N) is 2. The highest BCUT2D eigenvalue weighted by molar-refractivity contribution is 5.90. The van der Waals surface area contributed by atoms with Crippen molar-refractivity contribution < 1.29 is 33.0 Å². The van der Waals surface area contributed by atoms with Gasteiger partial charge in [-0.15, -0.1) is 0 Å². The molecule has 8 nitrogen and oxygen atoms in total.